The number of pyridine rings is 1. The Hall–Kier alpha value is -3.66. The van der Waals surface area contributed by atoms with Gasteiger partial charge in [0.05, 0.1) is 18.4 Å². The second-order valence-electron chi connectivity index (χ2n) is 6.31. The summed E-state index contributed by atoms with van der Waals surface area (Å²) in [7, 11) is 0. The largest absolute Gasteiger partial charge is 0.451 e. The molecule has 0 bridgehead atoms. The first-order valence-corrected chi connectivity index (χ1v) is 9.07. The predicted octanol–water partition coefficient (Wildman–Crippen LogP) is 4.48. The normalized spacial score (nSPS) is 11.0. The molecule has 31 heavy (non-hydrogen) atoms. The van der Waals surface area contributed by atoms with Crippen LogP contribution >= 0.6 is 11.6 Å². The fourth-order valence-corrected chi connectivity index (χ4v) is 2.92. The van der Waals surface area contributed by atoms with Crippen LogP contribution in [-0.2, 0) is 6.54 Å². The summed E-state index contributed by atoms with van der Waals surface area (Å²) in [6.07, 6.45) is 1.90. The van der Waals surface area contributed by atoms with E-state index < -0.39 is 35.5 Å². The van der Waals surface area contributed by atoms with E-state index in [2.05, 4.69) is 10.1 Å². The molecule has 0 unspecified atom stereocenters. The first-order valence-electron chi connectivity index (χ1n) is 8.69. The van der Waals surface area contributed by atoms with Crippen LogP contribution in [0.2, 0.25) is 5.15 Å². The lowest BCUT2D eigenvalue weighted by atomic mass is 10.2. The van der Waals surface area contributed by atoms with Crippen LogP contribution in [0.15, 0.2) is 59.8 Å². The number of halogens is 5. The lowest BCUT2D eigenvalue weighted by Gasteiger charge is -2.09. The van der Waals surface area contributed by atoms with Gasteiger partial charge in [0, 0.05) is 17.7 Å². The molecular formula is C20H11ClF4N4O2. The highest BCUT2D eigenvalue weighted by Gasteiger charge is 2.16. The molecule has 0 saturated carbocycles. The van der Waals surface area contributed by atoms with Crippen molar-refractivity contribution in [3.05, 3.63) is 99.5 Å². The molecule has 0 radical (unpaired) electrons. The summed E-state index contributed by atoms with van der Waals surface area (Å²) in [5.41, 5.74) is -1.03. The molecule has 2 aromatic carbocycles. The highest BCUT2D eigenvalue weighted by molar-refractivity contribution is 6.29. The highest BCUT2D eigenvalue weighted by atomic mass is 35.5. The van der Waals surface area contributed by atoms with Crippen LogP contribution in [0, 0.1) is 23.3 Å². The maximum absolute atomic E-state index is 14.5. The molecule has 158 valence electrons. The second-order valence-corrected chi connectivity index (χ2v) is 6.69. The first-order chi connectivity index (χ1) is 14.8. The Morgan fingerprint density at radius 2 is 1.68 bits per heavy atom. The molecule has 6 nitrogen and oxygen atoms in total. The van der Waals surface area contributed by atoms with Crippen molar-refractivity contribution in [3.63, 3.8) is 0 Å². The summed E-state index contributed by atoms with van der Waals surface area (Å²) in [6.45, 7) is -0.400. The lowest BCUT2D eigenvalue weighted by molar-refractivity contribution is 0.413. The zero-order valence-electron chi connectivity index (χ0n) is 15.4. The molecule has 0 aliphatic heterocycles. The number of hydrogen-bond acceptors (Lipinski definition) is 4. The molecule has 0 N–H and O–H groups in total. The van der Waals surface area contributed by atoms with Crippen LogP contribution in [0.1, 0.15) is 5.56 Å². The second kappa shape index (κ2) is 8.23. The van der Waals surface area contributed by atoms with Crippen LogP contribution in [-0.4, -0.2) is 19.3 Å². The van der Waals surface area contributed by atoms with Gasteiger partial charge in [0.2, 0.25) is 0 Å². The van der Waals surface area contributed by atoms with Gasteiger partial charge in [-0.3, -0.25) is 4.57 Å². The molecule has 2 aromatic heterocycles. The quantitative estimate of drug-likeness (QED) is 0.332. The number of benzene rings is 2. The summed E-state index contributed by atoms with van der Waals surface area (Å²) in [5, 5.41) is 3.81. The summed E-state index contributed by atoms with van der Waals surface area (Å²) in [4.78, 5) is 16.1. The standard InChI is InChI=1S/C20H11ClF4N4O2/c21-19-7-18(16(25)8-26-19)31-17-5-4-11(6-15(17)24)29-20(30)28(10-27-29)9-12-13(22)2-1-3-14(12)23/h1-8,10H,9H2. The third-order valence-corrected chi connectivity index (χ3v) is 4.50. The average molecular weight is 451 g/mol. The Morgan fingerprint density at radius 3 is 2.39 bits per heavy atom. The zero-order chi connectivity index (χ0) is 22.1. The molecule has 4 rings (SSSR count). The zero-order valence-corrected chi connectivity index (χ0v) is 16.2. The fourth-order valence-electron chi connectivity index (χ4n) is 2.77. The maximum Gasteiger partial charge on any atom is 0.350 e. The number of nitrogens with zero attached hydrogens (tertiary/aromatic N) is 4. The minimum Gasteiger partial charge on any atom is -0.451 e. The molecule has 0 spiro atoms. The SMILES string of the molecule is O=c1n(Cc2c(F)cccc2F)cnn1-c1ccc(Oc2cc(Cl)ncc2F)c(F)c1. The van der Waals surface area contributed by atoms with E-state index in [0.29, 0.717) is 0 Å². The van der Waals surface area contributed by atoms with Crippen LogP contribution in [0.5, 0.6) is 11.5 Å². The molecule has 0 atom stereocenters. The Labute approximate surface area is 176 Å². The van der Waals surface area contributed by atoms with Crippen molar-refractivity contribution in [2.24, 2.45) is 0 Å². The Balaban J connectivity index is 1.62. The number of hydrogen-bond donors (Lipinski definition) is 0. The number of aromatic nitrogens is 4. The third-order valence-electron chi connectivity index (χ3n) is 4.29. The maximum atomic E-state index is 14.5. The monoisotopic (exact) mass is 450 g/mol. The molecule has 0 fully saturated rings. The van der Waals surface area contributed by atoms with Gasteiger partial charge >= 0.3 is 5.69 Å². The van der Waals surface area contributed by atoms with Crippen molar-refractivity contribution in [2.45, 2.75) is 6.54 Å². The smallest absolute Gasteiger partial charge is 0.350 e. The molecule has 0 amide bonds. The van der Waals surface area contributed by atoms with E-state index in [-0.39, 0.29) is 27.9 Å². The van der Waals surface area contributed by atoms with Crippen molar-refractivity contribution < 1.29 is 22.3 Å². The highest BCUT2D eigenvalue weighted by Crippen LogP contribution is 2.29. The minimum absolute atomic E-state index is 0.0239. The van der Waals surface area contributed by atoms with E-state index in [0.717, 1.165) is 46.0 Å². The van der Waals surface area contributed by atoms with Crippen LogP contribution in [0.25, 0.3) is 5.69 Å². The molecule has 0 saturated heterocycles. The first kappa shape index (κ1) is 20.6. The van der Waals surface area contributed by atoms with Gasteiger partial charge in [0.15, 0.2) is 23.1 Å². The van der Waals surface area contributed by atoms with E-state index in [9.17, 15) is 22.4 Å². The van der Waals surface area contributed by atoms with E-state index in [4.69, 9.17) is 16.3 Å². The Bertz CT molecular complexity index is 1320. The summed E-state index contributed by atoms with van der Waals surface area (Å²) < 4.78 is 62.9. The van der Waals surface area contributed by atoms with Gasteiger partial charge in [0.1, 0.15) is 23.1 Å². The van der Waals surface area contributed by atoms with Crippen LogP contribution in [0.4, 0.5) is 17.6 Å². The van der Waals surface area contributed by atoms with E-state index in [1.807, 2.05) is 0 Å². The van der Waals surface area contributed by atoms with Crippen LogP contribution < -0.4 is 10.4 Å². The van der Waals surface area contributed by atoms with Crippen molar-refractivity contribution in [1.29, 1.82) is 0 Å². The van der Waals surface area contributed by atoms with Crippen molar-refractivity contribution >= 4 is 11.6 Å². The molecule has 2 heterocycles. The van der Waals surface area contributed by atoms with Crippen molar-refractivity contribution in [3.8, 4) is 17.2 Å². The van der Waals surface area contributed by atoms with Crippen LogP contribution in [0.3, 0.4) is 0 Å². The van der Waals surface area contributed by atoms with Gasteiger partial charge in [-0.2, -0.15) is 9.78 Å². The lowest BCUT2D eigenvalue weighted by Crippen LogP contribution is -2.24. The summed E-state index contributed by atoms with van der Waals surface area (Å²) in [6, 6.07) is 7.85. The van der Waals surface area contributed by atoms with Gasteiger partial charge in [-0.15, -0.1) is 0 Å². The van der Waals surface area contributed by atoms with Gasteiger partial charge in [-0.05, 0) is 24.3 Å². The minimum atomic E-state index is -0.911. The van der Waals surface area contributed by atoms with E-state index in [1.54, 1.807) is 0 Å². The van der Waals surface area contributed by atoms with Crippen molar-refractivity contribution in [1.82, 2.24) is 19.3 Å². The van der Waals surface area contributed by atoms with Gasteiger partial charge in [0.25, 0.3) is 0 Å². The van der Waals surface area contributed by atoms with Gasteiger partial charge in [-0.1, -0.05) is 17.7 Å². The topological polar surface area (TPSA) is 61.9 Å². The molecule has 0 aliphatic rings. The summed E-state index contributed by atoms with van der Waals surface area (Å²) >= 11 is 5.68. The predicted molar refractivity (Wildman–Crippen MR) is 103 cm³/mol. The van der Waals surface area contributed by atoms with Crippen molar-refractivity contribution in [2.75, 3.05) is 0 Å². The Kier molecular flexibility index (Phi) is 5.47. The van der Waals surface area contributed by atoms with Gasteiger partial charge in [-0.25, -0.2) is 27.3 Å². The van der Waals surface area contributed by atoms with Gasteiger partial charge < -0.3 is 4.74 Å². The summed E-state index contributed by atoms with van der Waals surface area (Å²) in [5.74, 6) is -4.04. The number of rotatable bonds is 5. The molecule has 0 aliphatic carbocycles. The third kappa shape index (κ3) is 4.15. The fraction of sp³-hybridized carbons (Fsp3) is 0.0500. The van der Waals surface area contributed by atoms with E-state index in [1.165, 1.54) is 18.2 Å². The molecule has 11 heteroatoms. The molecular weight excluding hydrogens is 440 g/mol. The van der Waals surface area contributed by atoms with E-state index >= 15 is 0 Å². The number of ether oxygens (including phenoxy) is 1. The average Bonchev–Trinajstić information content (AvgIpc) is 3.09. The molecule has 4 aromatic rings. The Morgan fingerprint density at radius 1 is 0.935 bits per heavy atom.